The zero-order valence-electron chi connectivity index (χ0n) is 23.3. The van der Waals surface area contributed by atoms with E-state index in [2.05, 4.69) is 28.9 Å². The summed E-state index contributed by atoms with van der Waals surface area (Å²) in [5.41, 5.74) is 3.80. The van der Waals surface area contributed by atoms with Crippen LogP contribution in [0.15, 0.2) is 42.5 Å². The second-order valence-electron chi connectivity index (χ2n) is 10.6. The molecule has 40 heavy (non-hydrogen) atoms. The Bertz CT molecular complexity index is 1510. The van der Waals surface area contributed by atoms with Gasteiger partial charge in [-0.15, -0.1) is 11.3 Å². The Morgan fingerprint density at radius 1 is 1.00 bits per heavy atom. The molecule has 1 aromatic heterocycles. The van der Waals surface area contributed by atoms with Crippen LogP contribution in [0, 0.1) is 0 Å². The predicted octanol–water partition coefficient (Wildman–Crippen LogP) is 5.25. The second-order valence-corrected chi connectivity index (χ2v) is 12.0. The lowest BCUT2D eigenvalue weighted by atomic mass is 9.91. The third-order valence-electron chi connectivity index (χ3n) is 7.98. The lowest BCUT2D eigenvalue weighted by Crippen LogP contribution is -2.38. The molecule has 1 amide bonds. The van der Waals surface area contributed by atoms with Crippen LogP contribution in [-0.2, 0) is 11.3 Å². The molecule has 210 valence electrons. The van der Waals surface area contributed by atoms with Gasteiger partial charge in [-0.2, -0.15) is 0 Å². The average molecular weight is 578 g/mol. The fraction of sp³-hybridized carbons (Fsp3) is 0.375. The number of amides is 1. The predicted molar refractivity (Wildman–Crippen MR) is 165 cm³/mol. The van der Waals surface area contributed by atoms with Crippen LogP contribution in [0.3, 0.4) is 0 Å². The monoisotopic (exact) mass is 577 g/mol. The van der Waals surface area contributed by atoms with Crippen molar-refractivity contribution in [2.45, 2.75) is 64.1 Å². The van der Waals surface area contributed by atoms with E-state index in [0.29, 0.717) is 34.3 Å². The molecule has 0 radical (unpaired) electrons. The summed E-state index contributed by atoms with van der Waals surface area (Å²) in [6, 6.07) is 14.8. The Labute approximate surface area is 244 Å². The molecule has 0 bridgehead atoms. The minimum absolute atomic E-state index is 0.0153. The largest absolute Gasteiger partial charge is 0.422 e. The molecule has 1 saturated carbocycles. The lowest BCUT2D eigenvalue weighted by molar-refractivity contribution is -0.116. The fourth-order valence-corrected chi connectivity index (χ4v) is 6.87. The van der Waals surface area contributed by atoms with Crippen molar-refractivity contribution in [3.8, 4) is 16.9 Å². The third kappa shape index (κ3) is 6.33. The van der Waals surface area contributed by atoms with Crippen LogP contribution in [0.4, 0.5) is 5.69 Å². The number of hydrogen-bond acceptors (Lipinski definition) is 6. The van der Waals surface area contributed by atoms with Gasteiger partial charge in [-0.05, 0) is 81.0 Å². The summed E-state index contributed by atoms with van der Waals surface area (Å²) >= 11 is 8.00. The number of halogens is 1. The van der Waals surface area contributed by atoms with Gasteiger partial charge in [0.25, 0.3) is 0 Å². The zero-order valence-corrected chi connectivity index (χ0v) is 24.8. The molecule has 0 unspecified atom stereocenters. The molecule has 6 nitrogen and oxygen atoms in total. The molecule has 8 heteroatoms. The maximum Gasteiger partial charge on any atom is 0.355 e. The first kappa shape index (κ1) is 28.6. The minimum atomic E-state index is -0.425. The van der Waals surface area contributed by atoms with Crippen molar-refractivity contribution >= 4 is 52.7 Å². The number of esters is 1. The van der Waals surface area contributed by atoms with Crippen LogP contribution >= 0.6 is 22.9 Å². The van der Waals surface area contributed by atoms with E-state index < -0.39 is 5.97 Å². The number of anilines is 1. The van der Waals surface area contributed by atoms with Crippen molar-refractivity contribution in [2.75, 3.05) is 19.0 Å². The van der Waals surface area contributed by atoms with Gasteiger partial charge in [0.2, 0.25) is 5.91 Å². The van der Waals surface area contributed by atoms with Gasteiger partial charge < -0.3 is 20.3 Å². The molecular formula is C32H36ClN3O3S. The summed E-state index contributed by atoms with van der Waals surface area (Å²) < 4.78 is 7.04. The third-order valence-corrected chi connectivity index (χ3v) is 9.67. The van der Waals surface area contributed by atoms with Crippen LogP contribution in [0.25, 0.3) is 23.3 Å². The summed E-state index contributed by atoms with van der Waals surface area (Å²) in [6.45, 7) is 2.14. The van der Waals surface area contributed by atoms with Gasteiger partial charge in [0.05, 0.1) is 5.02 Å². The SMILES string of the molecule is CNC1CCC(NCc2cc(-c3ccc(N(C)C(C)=O)cc3)ccc2OC(=O)c2sc3c(c2Cl)=CCCC=3)CC1. The quantitative estimate of drug-likeness (QED) is 0.283. The van der Waals surface area contributed by atoms with E-state index in [0.717, 1.165) is 70.7 Å². The molecular weight excluding hydrogens is 542 g/mol. The van der Waals surface area contributed by atoms with Crippen LogP contribution in [0.1, 0.15) is 60.7 Å². The van der Waals surface area contributed by atoms with Gasteiger partial charge in [-0.25, -0.2) is 4.79 Å². The van der Waals surface area contributed by atoms with E-state index in [1.165, 1.54) is 11.3 Å². The van der Waals surface area contributed by atoms with Gasteiger partial charge in [0.15, 0.2) is 0 Å². The summed E-state index contributed by atoms with van der Waals surface area (Å²) in [6.07, 6.45) is 10.6. The van der Waals surface area contributed by atoms with Crippen molar-refractivity contribution in [3.63, 3.8) is 0 Å². The minimum Gasteiger partial charge on any atom is -0.422 e. The van der Waals surface area contributed by atoms with E-state index in [1.54, 1.807) is 18.9 Å². The fourth-order valence-electron chi connectivity index (χ4n) is 5.40. The van der Waals surface area contributed by atoms with E-state index in [9.17, 15) is 9.59 Å². The van der Waals surface area contributed by atoms with Gasteiger partial charge in [0.1, 0.15) is 10.6 Å². The van der Waals surface area contributed by atoms with Crippen LogP contribution in [0.5, 0.6) is 5.75 Å². The number of fused-ring (bicyclic) bond motifs is 1. The smallest absolute Gasteiger partial charge is 0.355 e. The van der Waals surface area contributed by atoms with E-state index >= 15 is 0 Å². The first-order valence-corrected chi connectivity index (χ1v) is 15.1. The highest BCUT2D eigenvalue weighted by Gasteiger charge is 2.22. The Hall–Kier alpha value is -2.97. The second kappa shape index (κ2) is 12.7. The van der Waals surface area contributed by atoms with E-state index in [1.807, 2.05) is 43.4 Å². The van der Waals surface area contributed by atoms with Gasteiger partial charge in [0, 0.05) is 53.6 Å². The summed E-state index contributed by atoms with van der Waals surface area (Å²) in [7, 11) is 3.79. The van der Waals surface area contributed by atoms with Crippen molar-refractivity contribution in [2.24, 2.45) is 0 Å². The zero-order chi connectivity index (χ0) is 28.2. The molecule has 2 aliphatic carbocycles. The molecule has 5 rings (SSSR count). The molecule has 1 fully saturated rings. The molecule has 2 aromatic carbocycles. The van der Waals surface area contributed by atoms with Crippen molar-refractivity contribution in [1.29, 1.82) is 0 Å². The van der Waals surface area contributed by atoms with Crippen LogP contribution in [0.2, 0.25) is 5.02 Å². The first-order chi connectivity index (χ1) is 19.3. The van der Waals surface area contributed by atoms with E-state index in [4.69, 9.17) is 16.3 Å². The van der Waals surface area contributed by atoms with Crippen molar-refractivity contribution < 1.29 is 14.3 Å². The number of nitrogens with one attached hydrogen (secondary N) is 2. The maximum absolute atomic E-state index is 13.3. The highest BCUT2D eigenvalue weighted by Crippen LogP contribution is 2.30. The van der Waals surface area contributed by atoms with Gasteiger partial charge in [-0.1, -0.05) is 42.0 Å². The standard InChI is InChI=1S/C32H36ClN3O3S/c1-20(37)36(3)26-15-8-21(9-16-26)22-10-17-28(23(18-22)19-35-25-13-11-24(34-2)12-14-25)39-32(38)31-30(33)27-6-4-5-7-29(27)40-31/h6-10,15-18,24-25,34-35H,4-5,11-14,19H2,1-3H3. The summed E-state index contributed by atoms with van der Waals surface area (Å²) in [4.78, 5) is 27.1. The van der Waals surface area contributed by atoms with Gasteiger partial charge >= 0.3 is 5.97 Å². The molecule has 0 atom stereocenters. The van der Waals surface area contributed by atoms with Gasteiger partial charge in [-0.3, -0.25) is 4.79 Å². The first-order valence-electron chi connectivity index (χ1n) is 13.9. The summed E-state index contributed by atoms with van der Waals surface area (Å²) in [5, 5.41) is 8.52. The summed E-state index contributed by atoms with van der Waals surface area (Å²) in [5.74, 6) is 0.0957. The Morgan fingerprint density at radius 3 is 2.35 bits per heavy atom. The van der Waals surface area contributed by atoms with Crippen LogP contribution < -0.4 is 30.0 Å². The number of nitrogens with zero attached hydrogens (tertiary/aromatic N) is 1. The Kier molecular flexibility index (Phi) is 9.06. The van der Waals surface area contributed by atoms with Crippen LogP contribution in [-0.4, -0.2) is 38.1 Å². The Morgan fingerprint density at radius 2 is 1.68 bits per heavy atom. The van der Waals surface area contributed by atoms with Crippen molar-refractivity contribution in [1.82, 2.24) is 10.6 Å². The number of ether oxygens (including phenoxy) is 1. The number of benzene rings is 2. The Balaban J connectivity index is 1.40. The average Bonchev–Trinajstić information content (AvgIpc) is 3.33. The van der Waals surface area contributed by atoms with E-state index in [-0.39, 0.29) is 5.91 Å². The molecule has 0 spiro atoms. The molecule has 2 N–H and O–H groups in total. The maximum atomic E-state index is 13.3. The number of rotatable bonds is 8. The van der Waals surface area contributed by atoms with Crippen molar-refractivity contribution in [3.05, 3.63) is 67.7 Å². The number of carbonyl (C=O) groups is 2. The number of carbonyl (C=O) groups excluding carboxylic acids is 2. The topological polar surface area (TPSA) is 70.7 Å². The molecule has 0 aliphatic heterocycles. The highest BCUT2D eigenvalue weighted by atomic mass is 35.5. The molecule has 0 saturated heterocycles. The highest BCUT2D eigenvalue weighted by molar-refractivity contribution is 7.12. The molecule has 1 heterocycles. The normalized spacial score (nSPS) is 18.3. The molecule has 2 aliphatic rings. The number of thiophene rings is 1. The number of hydrogen-bond donors (Lipinski definition) is 2. The molecule has 3 aromatic rings. The lowest BCUT2D eigenvalue weighted by Gasteiger charge is -2.29.